The molecule has 4 heterocycles. The molecule has 1 saturated heterocycles. The van der Waals surface area contributed by atoms with Gasteiger partial charge in [-0.25, -0.2) is 13.9 Å². The highest BCUT2D eigenvalue weighted by molar-refractivity contribution is 7.19. The lowest BCUT2D eigenvalue weighted by Gasteiger charge is -2.40. The van der Waals surface area contributed by atoms with E-state index in [1.807, 2.05) is 12.1 Å². The molecule has 0 N–H and O–H groups in total. The van der Waals surface area contributed by atoms with E-state index in [1.165, 1.54) is 23.3 Å². The lowest BCUT2D eigenvalue weighted by molar-refractivity contribution is 0.122. The molecule has 1 fully saturated rings. The summed E-state index contributed by atoms with van der Waals surface area (Å²) in [6, 6.07) is 27.1. The molecule has 0 radical (unpaired) electrons. The maximum atomic E-state index is 14.5. The van der Waals surface area contributed by atoms with Crippen LogP contribution in [0.1, 0.15) is 33.7 Å². The average Bonchev–Trinajstić information content (AvgIpc) is 3.37. The lowest BCUT2D eigenvalue weighted by Crippen LogP contribution is -2.40. The fourth-order valence-electron chi connectivity index (χ4n) is 6.09. The van der Waals surface area contributed by atoms with Gasteiger partial charge in [0.25, 0.3) is 5.56 Å². The number of fused-ring (bicyclic) bond motifs is 3. The number of halogens is 1. The Bertz CT molecular complexity index is 1710. The van der Waals surface area contributed by atoms with Gasteiger partial charge in [-0.3, -0.25) is 9.69 Å². The number of aromatic nitrogens is 2. The maximum Gasteiger partial charge on any atom is 0.268 e. The van der Waals surface area contributed by atoms with Crippen molar-refractivity contribution in [2.24, 2.45) is 0 Å². The van der Waals surface area contributed by atoms with E-state index in [1.54, 1.807) is 28.0 Å². The average molecular weight is 553 g/mol. The van der Waals surface area contributed by atoms with Gasteiger partial charge < -0.3 is 9.64 Å². The van der Waals surface area contributed by atoms with Crippen molar-refractivity contribution in [3.63, 3.8) is 0 Å². The summed E-state index contributed by atoms with van der Waals surface area (Å²) in [5, 5.41) is 0.663. The summed E-state index contributed by atoms with van der Waals surface area (Å²) < 4.78 is 21.1. The minimum absolute atomic E-state index is 0.0140. The molecule has 40 heavy (non-hydrogen) atoms. The van der Waals surface area contributed by atoms with Gasteiger partial charge in [0.15, 0.2) is 0 Å². The van der Waals surface area contributed by atoms with Crippen LogP contribution in [0.25, 0.3) is 15.9 Å². The minimum Gasteiger partial charge on any atom is -0.378 e. The monoisotopic (exact) mass is 552 g/mol. The summed E-state index contributed by atoms with van der Waals surface area (Å²) in [5.41, 5.74) is 3.95. The van der Waals surface area contributed by atoms with Crippen molar-refractivity contribution in [2.75, 3.05) is 38.3 Å². The molecular formula is C32H29FN4O2S. The summed E-state index contributed by atoms with van der Waals surface area (Å²) in [4.78, 5) is 26.1. The van der Waals surface area contributed by atoms with Crippen LogP contribution in [0.5, 0.6) is 0 Å². The quantitative estimate of drug-likeness (QED) is 0.285. The molecule has 2 atom stereocenters. The van der Waals surface area contributed by atoms with E-state index in [4.69, 9.17) is 9.72 Å². The van der Waals surface area contributed by atoms with E-state index in [0.29, 0.717) is 49.7 Å². The number of rotatable bonds is 4. The van der Waals surface area contributed by atoms with Gasteiger partial charge in [0, 0.05) is 24.0 Å². The number of ether oxygens (including phenoxy) is 1. The molecule has 2 aliphatic rings. The van der Waals surface area contributed by atoms with Gasteiger partial charge in [0.1, 0.15) is 10.6 Å². The number of likely N-dealkylation sites (N-methyl/N-ethyl adjacent to an activating group) is 1. The molecule has 2 aliphatic heterocycles. The molecule has 5 aromatic rings. The highest BCUT2D eigenvalue weighted by Crippen LogP contribution is 2.48. The van der Waals surface area contributed by atoms with Gasteiger partial charge in [-0.05, 0) is 54.4 Å². The summed E-state index contributed by atoms with van der Waals surface area (Å²) in [6.07, 6.45) is 0.705. The second-order valence-electron chi connectivity index (χ2n) is 10.4. The first-order valence-electron chi connectivity index (χ1n) is 13.6. The van der Waals surface area contributed by atoms with Gasteiger partial charge in [-0.15, -0.1) is 11.3 Å². The summed E-state index contributed by atoms with van der Waals surface area (Å²) >= 11 is 1.62. The number of benzene rings is 3. The molecule has 202 valence electrons. The van der Waals surface area contributed by atoms with E-state index in [0.717, 1.165) is 15.3 Å². The van der Waals surface area contributed by atoms with Gasteiger partial charge >= 0.3 is 0 Å². The number of anilines is 1. The summed E-state index contributed by atoms with van der Waals surface area (Å²) in [6.45, 7) is 2.40. The van der Waals surface area contributed by atoms with E-state index in [9.17, 15) is 9.18 Å². The third kappa shape index (κ3) is 4.23. The molecule has 0 aliphatic carbocycles. The maximum absolute atomic E-state index is 14.5. The first kappa shape index (κ1) is 25.1. The van der Waals surface area contributed by atoms with Gasteiger partial charge in [0.2, 0.25) is 5.95 Å². The van der Waals surface area contributed by atoms with Gasteiger partial charge in [0.05, 0.1) is 30.3 Å². The van der Waals surface area contributed by atoms with Crippen molar-refractivity contribution in [3.8, 4) is 5.69 Å². The Balaban J connectivity index is 1.49. The molecule has 2 aromatic heterocycles. The topological polar surface area (TPSA) is 50.6 Å². The van der Waals surface area contributed by atoms with Crippen LogP contribution in [0.4, 0.5) is 10.3 Å². The zero-order valence-electron chi connectivity index (χ0n) is 22.2. The largest absolute Gasteiger partial charge is 0.378 e. The van der Waals surface area contributed by atoms with Crippen LogP contribution in [-0.4, -0.2) is 47.8 Å². The summed E-state index contributed by atoms with van der Waals surface area (Å²) in [5.74, 6) is 0.237. The van der Waals surface area contributed by atoms with Crippen LogP contribution in [-0.2, 0) is 11.2 Å². The molecule has 6 nitrogen and oxygen atoms in total. The van der Waals surface area contributed by atoms with Crippen LogP contribution in [0.3, 0.4) is 0 Å². The first-order valence-corrected chi connectivity index (χ1v) is 14.4. The Morgan fingerprint density at radius 2 is 1.55 bits per heavy atom. The number of thiophene rings is 1. The Morgan fingerprint density at radius 3 is 2.23 bits per heavy atom. The molecule has 0 saturated carbocycles. The first-order chi connectivity index (χ1) is 19.6. The lowest BCUT2D eigenvalue weighted by atomic mass is 9.87. The van der Waals surface area contributed by atoms with Crippen LogP contribution < -0.4 is 10.5 Å². The van der Waals surface area contributed by atoms with Crippen LogP contribution in [0.2, 0.25) is 0 Å². The van der Waals surface area contributed by atoms with Crippen molar-refractivity contribution in [1.82, 2.24) is 14.5 Å². The minimum atomic E-state index is -0.342. The number of nitrogens with zero attached hydrogens (tertiary/aromatic N) is 4. The van der Waals surface area contributed by atoms with Gasteiger partial charge in [-0.1, -0.05) is 60.7 Å². The molecule has 8 heteroatoms. The van der Waals surface area contributed by atoms with E-state index in [-0.39, 0.29) is 23.5 Å². The molecule has 0 bridgehead atoms. The molecule has 2 unspecified atom stereocenters. The Morgan fingerprint density at radius 1 is 0.900 bits per heavy atom. The molecule has 0 spiro atoms. The Kier molecular flexibility index (Phi) is 6.46. The third-order valence-corrected chi connectivity index (χ3v) is 9.24. The van der Waals surface area contributed by atoms with E-state index in [2.05, 4.69) is 65.4 Å². The predicted molar refractivity (Wildman–Crippen MR) is 157 cm³/mol. The van der Waals surface area contributed by atoms with Crippen molar-refractivity contribution in [1.29, 1.82) is 0 Å². The zero-order chi connectivity index (χ0) is 27.2. The van der Waals surface area contributed by atoms with E-state index < -0.39 is 0 Å². The fourth-order valence-corrected chi connectivity index (χ4v) is 7.46. The van der Waals surface area contributed by atoms with Crippen molar-refractivity contribution < 1.29 is 9.13 Å². The Labute approximate surface area is 235 Å². The number of hydrogen-bond acceptors (Lipinski definition) is 6. The number of morpholine rings is 1. The van der Waals surface area contributed by atoms with E-state index >= 15 is 0 Å². The van der Waals surface area contributed by atoms with Gasteiger partial charge in [-0.2, -0.15) is 0 Å². The SMILES string of the molecule is CN1C(c2ccccc2)Cc2c(sc3nc(N4CCOCC4)n(-c4ccc(F)cc4)c(=O)c23)C1c1ccccc1. The fraction of sp³-hybridized carbons (Fsp3) is 0.250. The molecule has 7 rings (SSSR count). The normalized spacial score (nSPS) is 19.6. The van der Waals surface area contributed by atoms with Crippen LogP contribution in [0, 0.1) is 5.82 Å². The van der Waals surface area contributed by atoms with Crippen LogP contribution >= 0.6 is 11.3 Å². The summed E-state index contributed by atoms with van der Waals surface area (Å²) in [7, 11) is 2.17. The molecule has 0 amide bonds. The molecular weight excluding hydrogens is 523 g/mol. The standard InChI is InChI=1S/C32H29FN4O2S/c1-35-26(21-8-4-2-5-9-21)20-25-27-30(40-29(25)28(35)22-10-6-3-7-11-22)34-32(36-16-18-39-19-17-36)37(31(27)38)24-14-12-23(33)13-15-24/h2-15,26,28H,16-20H2,1H3. The second-order valence-corrected chi connectivity index (χ2v) is 11.4. The third-order valence-electron chi connectivity index (χ3n) is 8.06. The number of hydrogen-bond donors (Lipinski definition) is 0. The van der Waals surface area contributed by atoms with Crippen molar-refractivity contribution in [3.05, 3.63) is 123 Å². The second kappa shape index (κ2) is 10.3. The Hall–Kier alpha value is -3.85. The molecule has 3 aromatic carbocycles. The highest BCUT2D eigenvalue weighted by atomic mass is 32.1. The predicted octanol–water partition coefficient (Wildman–Crippen LogP) is 5.74. The smallest absolute Gasteiger partial charge is 0.268 e. The van der Waals surface area contributed by atoms with Crippen molar-refractivity contribution in [2.45, 2.75) is 18.5 Å². The highest BCUT2D eigenvalue weighted by Gasteiger charge is 2.38. The zero-order valence-corrected chi connectivity index (χ0v) is 23.0. The van der Waals surface area contributed by atoms with Crippen molar-refractivity contribution >= 4 is 27.5 Å². The van der Waals surface area contributed by atoms with Crippen LogP contribution in [0.15, 0.2) is 89.7 Å².